The molecule has 0 aromatic carbocycles. The smallest absolute Gasteiger partial charge is 0.240 e. The van der Waals surface area contributed by atoms with E-state index in [-0.39, 0.29) is 11.4 Å². The van der Waals surface area contributed by atoms with Crippen molar-refractivity contribution in [2.24, 2.45) is 5.41 Å². The molecule has 6 heteroatoms. The second-order valence-electron chi connectivity index (χ2n) is 3.99. The molecule has 80 valence electrons. The minimum atomic E-state index is 0.0113. The Labute approximate surface area is 91.8 Å². The van der Waals surface area contributed by atoms with Crippen LogP contribution in [-0.4, -0.2) is 28.5 Å². The highest BCUT2D eigenvalue weighted by Crippen LogP contribution is 2.20. The number of nitrogens with zero attached hydrogens (tertiary/aromatic N) is 3. The molecule has 0 spiro atoms. The number of rotatable bonds is 4. The van der Waals surface area contributed by atoms with Crippen LogP contribution in [0.5, 0.6) is 0 Å². The summed E-state index contributed by atoms with van der Waals surface area (Å²) in [7, 11) is 1.69. The normalized spacial score (nSPS) is 12.0. The second kappa shape index (κ2) is 4.27. The van der Waals surface area contributed by atoms with Gasteiger partial charge in [0, 0.05) is 12.5 Å². The zero-order valence-electron chi connectivity index (χ0n) is 8.62. The number of halogens is 1. The molecule has 0 unspecified atom stereocenters. The summed E-state index contributed by atoms with van der Waals surface area (Å²) in [5.74, 6) is 0.282. The maximum atomic E-state index is 5.47. The third kappa shape index (κ3) is 2.95. The van der Waals surface area contributed by atoms with E-state index in [1.807, 2.05) is 0 Å². The molecule has 1 aromatic rings. The number of methoxy groups -OCH3 is 1. The van der Waals surface area contributed by atoms with E-state index >= 15 is 0 Å². The average molecular weight is 263 g/mol. The molecule has 1 aromatic heterocycles. The fraction of sp³-hybridized carbons (Fsp3) is 0.750. The third-order valence-electron chi connectivity index (χ3n) is 1.76. The Hall–Kier alpha value is -0.620. The van der Waals surface area contributed by atoms with Crippen LogP contribution in [0.1, 0.15) is 13.8 Å². The monoisotopic (exact) mass is 262 g/mol. The van der Waals surface area contributed by atoms with E-state index in [1.54, 1.807) is 11.8 Å². The topological polar surface area (TPSA) is 66.0 Å². The summed E-state index contributed by atoms with van der Waals surface area (Å²) >= 11 is 3.29. The summed E-state index contributed by atoms with van der Waals surface area (Å²) in [6.07, 6.45) is 0. The Balaban J connectivity index is 2.72. The number of aromatic nitrogens is 3. The number of anilines is 1. The Bertz CT molecular complexity index is 310. The quantitative estimate of drug-likeness (QED) is 0.889. The Morgan fingerprint density at radius 3 is 2.64 bits per heavy atom. The van der Waals surface area contributed by atoms with Crippen LogP contribution in [0.25, 0.3) is 0 Å². The Morgan fingerprint density at radius 2 is 2.21 bits per heavy atom. The van der Waals surface area contributed by atoms with Gasteiger partial charge in [0.15, 0.2) is 4.73 Å². The fourth-order valence-electron chi connectivity index (χ4n) is 1.28. The number of nitrogen functional groups attached to an aromatic ring is 1. The molecule has 0 atom stereocenters. The van der Waals surface area contributed by atoms with Crippen molar-refractivity contribution in [1.29, 1.82) is 0 Å². The fourth-order valence-corrected chi connectivity index (χ4v) is 1.67. The van der Waals surface area contributed by atoms with E-state index in [2.05, 4.69) is 39.9 Å². The van der Waals surface area contributed by atoms with Crippen LogP contribution in [0.15, 0.2) is 4.73 Å². The standard InChI is InChI=1S/C8H15BrN4O/c1-8(2,5-14-3)4-13-6(9)11-7(10)12-13/h4-5H2,1-3H3,(H2,10,12). The van der Waals surface area contributed by atoms with E-state index in [9.17, 15) is 0 Å². The molecule has 1 rings (SSSR count). The van der Waals surface area contributed by atoms with Crippen LogP contribution in [0.3, 0.4) is 0 Å². The van der Waals surface area contributed by atoms with Gasteiger partial charge in [-0.25, -0.2) is 4.68 Å². The predicted molar refractivity (Wildman–Crippen MR) is 57.8 cm³/mol. The summed E-state index contributed by atoms with van der Waals surface area (Å²) in [4.78, 5) is 3.96. The molecule has 0 radical (unpaired) electrons. The zero-order valence-corrected chi connectivity index (χ0v) is 10.2. The number of ether oxygens (including phenoxy) is 1. The minimum absolute atomic E-state index is 0.0113. The zero-order chi connectivity index (χ0) is 10.8. The van der Waals surface area contributed by atoms with Gasteiger partial charge in [-0.05, 0) is 15.9 Å². The Morgan fingerprint density at radius 1 is 1.57 bits per heavy atom. The van der Waals surface area contributed by atoms with Crippen molar-refractivity contribution in [3.63, 3.8) is 0 Å². The van der Waals surface area contributed by atoms with Crippen LogP contribution in [-0.2, 0) is 11.3 Å². The van der Waals surface area contributed by atoms with Crippen LogP contribution < -0.4 is 5.73 Å². The molecule has 2 N–H and O–H groups in total. The van der Waals surface area contributed by atoms with Gasteiger partial charge in [0.1, 0.15) is 0 Å². The first-order valence-corrected chi connectivity index (χ1v) is 5.09. The molecule has 0 aliphatic rings. The van der Waals surface area contributed by atoms with Crippen molar-refractivity contribution in [3.8, 4) is 0 Å². The predicted octanol–water partition coefficient (Wildman–Crippen LogP) is 1.30. The molecule has 0 amide bonds. The van der Waals surface area contributed by atoms with Gasteiger partial charge in [-0.15, -0.1) is 5.10 Å². The summed E-state index contributed by atoms with van der Waals surface area (Å²) in [5, 5.41) is 4.06. The number of nitrogens with two attached hydrogens (primary N) is 1. The lowest BCUT2D eigenvalue weighted by atomic mass is 9.95. The largest absolute Gasteiger partial charge is 0.384 e. The van der Waals surface area contributed by atoms with E-state index < -0.39 is 0 Å². The van der Waals surface area contributed by atoms with Crippen molar-refractivity contribution in [2.75, 3.05) is 19.5 Å². The summed E-state index contributed by atoms with van der Waals surface area (Å²) in [6.45, 7) is 5.58. The van der Waals surface area contributed by atoms with Gasteiger partial charge in [0.25, 0.3) is 0 Å². The summed E-state index contributed by atoms with van der Waals surface area (Å²) in [6, 6.07) is 0. The lowest BCUT2D eigenvalue weighted by molar-refractivity contribution is 0.0885. The van der Waals surface area contributed by atoms with Gasteiger partial charge < -0.3 is 10.5 Å². The van der Waals surface area contributed by atoms with Crippen molar-refractivity contribution < 1.29 is 4.74 Å². The lowest BCUT2D eigenvalue weighted by Gasteiger charge is -2.23. The van der Waals surface area contributed by atoms with E-state index in [1.165, 1.54) is 0 Å². The van der Waals surface area contributed by atoms with Crippen LogP contribution in [0, 0.1) is 5.41 Å². The summed E-state index contributed by atoms with van der Waals surface area (Å²) in [5.41, 5.74) is 5.48. The molecule has 1 heterocycles. The third-order valence-corrected chi connectivity index (χ3v) is 2.34. The molecule has 5 nitrogen and oxygen atoms in total. The van der Waals surface area contributed by atoms with E-state index in [0.29, 0.717) is 17.9 Å². The van der Waals surface area contributed by atoms with Gasteiger partial charge >= 0.3 is 0 Å². The first kappa shape index (κ1) is 11.5. The summed E-state index contributed by atoms with van der Waals surface area (Å²) < 4.78 is 7.50. The molecule has 14 heavy (non-hydrogen) atoms. The molecular weight excluding hydrogens is 248 g/mol. The average Bonchev–Trinajstić information content (AvgIpc) is 2.28. The molecule has 0 bridgehead atoms. The molecule has 0 fully saturated rings. The SMILES string of the molecule is COCC(C)(C)Cn1nc(N)nc1Br. The van der Waals surface area contributed by atoms with Gasteiger partial charge in [-0.2, -0.15) is 4.98 Å². The van der Waals surface area contributed by atoms with Crippen molar-refractivity contribution in [2.45, 2.75) is 20.4 Å². The van der Waals surface area contributed by atoms with Crippen molar-refractivity contribution in [1.82, 2.24) is 14.8 Å². The second-order valence-corrected chi connectivity index (χ2v) is 4.70. The van der Waals surface area contributed by atoms with Crippen LogP contribution >= 0.6 is 15.9 Å². The number of hydrogen-bond acceptors (Lipinski definition) is 4. The van der Waals surface area contributed by atoms with Gasteiger partial charge in [0.05, 0.1) is 13.2 Å². The Kier molecular flexibility index (Phi) is 3.49. The van der Waals surface area contributed by atoms with E-state index in [4.69, 9.17) is 10.5 Å². The molecule has 0 saturated heterocycles. The maximum Gasteiger partial charge on any atom is 0.240 e. The van der Waals surface area contributed by atoms with Crippen LogP contribution in [0.2, 0.25) is 0 Å². The van der Waals surface area contributed by atoms with Crippen molar-refractivity contribution >= 4 is 21.9 Å². The molecule has 0 aliphatic heterocycles. The van der Waals surface area contributed by atoms with Crippen molar-refractivity contribution in [3.05, 3.63) is 4.73 Å². The van der Waals surface area contributed by atoms with Gasteiger partial charge in [0.2, 0.25) is 5.95 Å². The lowest BCUT2D eigenvalue weighted by Crippen LogP contribution is -2.25. The molecule has 0 saturated carbocycles. The van der Waals surface area contributed by atoms with Crippen LogP contribution in [0.4, 0.5) is 5.95 Å². The number of hydrogen-bond donors (Lipinski definition) is 1. The highest BCUT2D eigenvalue weighted by atomic mass is 79.9. The van der Waals surface area contributed by atoms with Gasteiger partial charge in [-0.1, -0.05) is 13.8 Å². The highest BCUT2D eigenvalue weighted by Gasteiger charge is 2.20. The van der Waals surface area contributed by atoms with E-state index in [0.717, 1.165) is 0 Å². The highest BCUT2D eigenvalue weighted by molar-refractivity contribution is 9.10. The minimum Gasteiger partial charge on any atom is -0.384 e. The first-order valence-electron chi connectivity index (χ1n) is 4.29. The maximum absolute atomic E-state index is 5.47. The first-order chi connectivity index (χ1) is 6.44. The molecular formula is C8H15BrN4O. The molecule has 0 aliphatic carbocycles. The van der Waals surface area contributed by atoms with Gasteiger partial charge in [-0.3, -0.25) is 0 Å².